The first kappa shape index (κ1) is 23.2. The van der Waals surface area contributed by atoms with Crippen molar-refractivity contribution in [2.75, 3.05) is 39.0 Å². The summed E-state index contributed by atoms with van der Waals surface area (Å²) < 4.78 is 27.3. The van der Waals surface area contributed by atoms with Crippen molar-refractivity contribution in [3.63, 3.8) is 0 Å². The van der Waals surface area contributed by atoms with E-state index in [1.807, 2.05) is 12.1 Å². The molecule has 1 aromatic heterocycles. The summed E-state index contributed by atoms with van der Waals surface area (Å²) in [6, 6.07) is 5.82. The van der Waals surface area contributed by atoms with Crippen molar-refractivity contribution >= 4 is 27.4 Å². The third kappa shape index (κ3) is 4.71. The zero-order chi connectivity index (χ0) is 23.8. The summed E-state index contributed by atoms with van der Waals surface area (Å²) in [5.74, 6) is -0.733. The lowest BCUT2D eigenvalue weighted by Crippen LogP contribution is -2.49. The topological polar surface area (TPSA) is 118 Å². The molecule has 3 aliphatic rings. The molecule has 0 saturated carbocycles. The van der Waals surface area contributed by atoms with Gasteiger partial charge in [-0.2, -0.15) is 22.3 Å². The highest BCUT2D eigenvalue weighted by molar-refractivity contribution is 7.86. The van der Waals surface area contributed by atoms with Gasteiger partial charge in [-0.3, -0.25) is 9.78 Å². The number of anilines is 1. The maximum atomic E-state index is 12.8. The molecule has 1 aromatic rings. The van der Waals surface area contributed by atoms with Gasteiger partial charge in [0, 0.05) is 45.3 Å². The van der Waals surface area contributed by atoms with Crippen LogP contribution >= 0.6 is 0 Å². The fourth-order valence-electron chi connectivity index (χ4n) is 4.30. The Morgan fingerprint density at radius 1 is 1.27 bits per heavy atom. The summed E-state index contributed by atoms with van der Waals surface area (Å²) in [5, 5.41) is 15.0. The second-order valence-electron chi connectivity index (χ2n) is 8.73. The average Bonchev–Trinajstić information content (AvgIpc) is 3.28. The van der Waals surface area contributed by atoms with Crippen molar-refractivity contribution in [2.24, 2.45) is 5.92 Å². The van der Waals surface area contributed by atoms with Crippen LogP contribution < -0.4 is 10.6 Å². The van der Waals surface area contributed by atoms with Crippen LogP contribution in [0.3, 0.4) is 0 Å². The van der Waals surface area contributed by atoms with E-state index < -0.39 is 10.2 Å². The molecule has 10 heteroatoms. The number of allylic oxidation sites excluding steroid dienone is 3. The normalized spacial score (nSPS) is 23.9. The van der Waals surface area contributed by atoms with Crippen molar-refractivity contribution in [3.8, 4) is 6.07 Å². The molecule has 0 spiro atoms. The molecule has 1 fully saturated rings. The SMILES string of the molecule is C=C1CC=C(c2nc(C3CN(C)S(=O)(=O)N(C)C3)ccc2NC(=O)C2=CC(C#N)CN2)CC1. The number of hydrogen-bond donors (Lipinski definition) is 2. The lowest BCUT2D eigenvalue weighted by atomic mass is 9.92. The molecule has 33 heavy (non-hydrogen) atoms. The summed E-state index contributed by atoms with van der Waals surface area (Å²) in [5.41, 5.74) is 4.64. The van der Waals surface area contributed by atoms with Gasteiger partial charge in [0.15, 0.2) is 0 Å². The molecule has 9 nitrogen and oxygen atoms in total. The molecule has 0 radical (unpaired) electrons. The molecule has 0 aromatic carbocycles. The summed E-state index contributed by atoms with van der Waals surface area (Å²) >= 11 is 0. The third-order valence-electron chi connectivity index (χ3n) is 6.31. The van der Waals surface area contributed by atoms with E-state index in [0.717, 1.165) is 36.1 Å². The number of pyridine rings is 1. The monoisotopic (exact) mass is 468 g/mol. The van der Waals surface area contributed by atoms with Gasteiger partial charge in [-0.05, 0) is 43.0 Å². The first-order chi connectivity index (χ1) is 15.7. The van der Waals surface area contributed by atoms with Crippen molar-refractivity contribution in [1.29, 1.82) is 5.26 Å². The van der Waals surface area contributed by atoms with Gasteiger partial charge in [-0.1, -0.05) is 18.2 Å². The summed E-state index contributed by atoms with van der Waals surface area (Å²) in [7, 11) is -0.295. The minimum absolute atomic E-state index is 0.0956. The average molecular weight is 469 g/mol. The number of likely N-dealkylation sites (N-methyl/N-ethyl adjacent to an activating group) is 2. The highest BCUT2D eigenvalue weighted by Crippen LogP contribution is 2.34. The maximum absolute atomic E-state index is 12.8. The highest BCUT2D eigenvalue weighted by Gasteiger charge is 2.35. The Hall–Kier alpha value is -3.00. The van der Waals surface area contributed by atoms with Crippen LogP contribution in [0, 0.1) is 17.2 Å². The van der Waals surface area contributed by atoms with Crippen LogP contribution in [-0.2, 0) is 15.0 Å². The van der Waals surface area contributed by atoms with Gasteiger partial charge in [0.25, 0.3) is 16.1 Å². The van der Waals surface area contributed by atoms with Gasteiger partial charge in [0.1, 0.15) is 0 Å². The number of amides is 1. The largest absolute Gasteiger partial charge is 0.379 e. The maximum Gasteiger partial charge on any atom is 0.281 e. The molecule has 4 rings (SSSR count). The molecule has 1 aliphatic carbocycles. The minimum Gasteiger partial charge on any atom is -0.379 e. The van der Waals surface area contributed by atoms with Crippen LogP contribution in [0.1, 0.15) is 36.6 Å². The van der Waals surface area contributed by atoms with Crippen molar-refractivity contribution in [3.05, 3.63) is 53.5 Å². The standard InChI is InChI=1S/C23H28N6O3S/c1-15-4-6-17(7-5-15)22-20(27-23(30)21-10-16(11-24)12-25-21)9-8-19(26-22)18-13-28(2)33(31,32)29(3)14-18/h6,8-10,16,18,25H,1,4-5,7,12-14H2,2-3H3,(H,27,30). The molecule has 1 saturated heterocycles. The van der Waals surface area contributed by atoms with Crippen molar-refractivity contribution in [2.45, 2.75) is 25.2 Å². The Morgan fingerprint density at radius 3 is 2.61 bits per heavy atom. The molecule has 1 atom stereocenters. The summed E-state index contributed by atoms with van der Waals surface area (Å²) in [6.07, 6.45) is 6.12. The smallest absolute Gasteiger partial charge is 0.281 e. The second kappa shape index (κ2) is 9.09. The van der Waals surface area contributed by atoms with E-state index in [0.29, 0.717) is 36.7 Å². The van der Waals surface area contributed by atoms with Crippen molar-refractivity contribution in [1.82, 2.24) is 18.9 Å². The van der Waals surface area contributed by atoms with Crippen molar-refractivity contribution < 1.29 is 13.2 Å². The number of nitrogens with zero attached hydrogens (tertiary/aromatic N) is 4. The summed E-state index contributed by atoms with van der Waals surface area (Å²) in [6.45, 7) is 5.16. The fraction of sp³-hybridized carbons (Fsp3) is 0.435. The number of rotatable bonds is 4. The molecular weight excluding hydrogens is 440 g/mol. The van der Waals surface area contributed by atoms with Crippen LogP contribution in [-0.4, -0.2) is 61.6 Å². The van der Waals surface area contributed by atoms with E-state index in [-0.39, 0.29) is 17.7 Å². The predicted octanol–water partition coefficient (Wildman–Crippen LogP) is 1.98. The zero-order valence-electron chi connectivity index (χ0n) is 18.8. The van der Waals surface area contributed by atoms with E-state index in [1.165, 1.54) is 8.61 Å². The first-order valence-electron chi connectivity index (χ1n) is 10.9. The van der Waals surface area contributed by atoms with Gasteiger partial charge in [-0.15, -0.1) is 0 Å². The molecule has 1 unspecified atom stereocenters. The molecule has 0 bridgehead atoms. The van der Waals surface area contributed by atoms with Gasteiger partial charge in [0.2, 0.25) is 0 Å². The van der Waals surface area contributed by atoms with Crippen LogP contribution in [0.25, 0.3) is 5.57 Å². The van der Waals surface area contributed by atoms with Crippen LogP contribution in [0.4, 0.5) is 5.69 Å². The highest BCUT2D eigenvalue weighted by atomic mass is 32.2. The zero-order valence-corrected chi connectivity index (χ0v) is 19.7. The van der Waals surface area contributed by atoms with Gasteiger partial charge in [-0.25, -0.2) is 0 Å². The Bertz CT molecular complexity index is 1180. The molecule has 2 N–H and O–H groups in total. The Morgan fingerprint density at radius 2 is 2.00 bits per heavy atom. The van der Waals surface area contributed by atoms with Crippen LogP contribution in [0.15, 0.2) is 42.1 Å². The van der Waals surface area contributed by atoms with Gasteiger partial charge >= 0.3 is 0 Å². The Labute approximate surface area is 194 Å². The lowest BCUT2D eigenvalue weighted by Gasteiger charge is -2.35. The fourth-order valence-corrected chi connectivity index (χ4v) is 5.52. The molecule has 3 heterocycles. The number of hydrogen-bond acceptors (Lipinski definition) is 6. The molecule has 2 aliphatic heterocycles. The number of nitriles is 1. The quantitative estimate of drug-likeness (QED) is 0.653. The Balaban J connectivity index is 1.65. The molecule has 1 amide bonds. The third-order valence-corrected chi connectivity index (χ3v) is 8.18. The van der Waals surface area contributed by atoms with Crippen LogP contribution in [0.2, 0.25) is 0 Å². The van der Waals surface area contributed by atoms with Gasteiger partial charge < -0.3 is 10.6 Å². The minimum atomic E-state index is -3.43. The first-order valence-corrected chi connectivity index (χ1v) is 12.3. The second-order valence-corrected chi connectivity index (χ2v) is 10.9. The van der Waals surface area contributed by atoms with E-state index in [4.69, 9.17) is 10.2 Å². The number of carbonyl (C=O) groups excluding carboxylic acids is 1. The van der Waals surface area contributed by atoms with Crippen LogP contribution in [0.5, 0.6) is 0 Å². The predicted molar refractivity (Wildman–Crippen MR) is 126 cm³/mol. The summed E-state index contributed by atoms with van der Waals surface area (Å²) in [4.78, 5) is 17.7. The molecular formula is C23H28N6O3S. The van der Waals surface area contributed by atoms with E-state index >= 15 is 0 Å². The van der Waals surface area contributed by atoms with E-state index in [1.54, 1.807) is 20.2 Å². The Kier molecular flexibility index (Phi) is 6.38. The number of nitrogens with one attached hydrogen (secondary N) is 2. The van der Waals surface area contributed by atoms with Gasteiger partial charge in [0.05, 0.1) is 29.1 Å². The van der Waals surface area contributed by atoms with E-state index in [2.05, 4.69) is 29.4 Å². The van der Waals surface area contributed by atoms with E-state index in [9.17, 15) is 13.2 Å². The lowest BCUT2D eigenvalue weighted by molar-refractivity contribution is -0.113. The molecule has 174 valence electrons. The number of aromatic nitrogens is 1. The number of carbonyl (C=O) groups is 1.